The number of carbonyl (C=O) groups is 1. The summed E-state index contributed by atoms with van der Waals surface area (Å²) in [5, 5.41) is 4.03. The van der Waals surface area contributed by atoms with Gasteiger partial charge in [0.05, 0.1) is 13.7 Å². The van der Waals surface area contributed by atoms with Crippen molar-refractivity contribution in [2.24, 2.45) is 0 Å². The third-order valence-electron chi connectivity index (χ3n) is 3.96. The van der Waals surface area contributed by atoms with Gasteiger partial charge in [-0.3, -0.25) is 9.59 Å². The molecule has 7 nitrogen and oxygen atoms in total. The summed E-state index contributed by atoms with van der Waals surface area (Å²) >= 11 is 0. The molecule has 0 aliphatic heterocycles. The maximum absolute atomic E-state index is 12.4. The van der Waals surface area contributed by atoms with Gasteiger partial charge in [-0.05, 0) is 12.1 Å². The molecule has 1 amide bonds. The van der Waals surface area contributed by atoms with Crippen LogP contribution in [0.3, 0.4) is 0 Å². The van der Waals surface area contributed by atoms with Gasteiger partial charge in [-0.2, -0.15) is 0 Å². The molecule has 0 saturated heterocycles. The molecule has 0 N–H and O–H groups in total. The normalized spacial score (nSPS) is 10.5. The average molecular weight is 353 g/mol. The highest BCUT2D eigenvalue weighted by Crippen LogP contribution is 2.19. The summed E-state index contributed by atoms with van der Waals surface area (Å²) in [5.41, 5.74) is 1.31. The van der Waals surface area contributed by atoms with Crippen LogP contribution in [-0.4, -0.2) is 34.7 Å². The van der Waals surface area contributed by atoms with Crippen LogP contribution in [0.25, 0.3) is 11.3 Å². The van der Waals surface area contributed by atoms with Gasteiger partial charge >= 0.3 is 0 Å². The molecule has 3 aromatic rings. The quantitative estimate of drug-likeness (QED) is 0.679. The number of hydrogen-bond donors (Lipinski definition) is 0. The van der Waals surface area contributed by atoms with E-state index in [1.165, 1.54) is 16.6 Å². The predicted molar refractivity (Wildman–Crippen MR) is 95.7 cm³/mol. The van der Waals surface area contributed by atoms with Crippen molar-refractivity contribution in [2.75, 3.05) is 14.2 Å². The smallest absolute Gasteiger partial charge is 0.293 e. The number of benzene rings is 1. The summed E-state index contributed by atoms with van der Waals surface area (Å²) in [5.74, 6) is 0.543. The first kappa shape index (κ1) is 17.5. The maximum Gasteiger partial charge on any atom is 0.293 e. The molecule has 0 bridgehead atoms. The minimum Gasteiger partial charge on any atom is -0.491 e. The number of ether oxygens (including phenoxy) is 1. The van der Waals surface area contributed by atoms with Gasteiger partial charge in [0.25, 0.3) is 5.56 Å². The molecule has 3 rings (SSSR count). The molecule has 26 heavy (non-hydrogen) atoms. The largest absolute Gasteiger partial charge is 0.491 e. The topological polar surface area (TPSA) is 77.6 Å². The van der Waals surface area contributed by atoms with Crippen LogP contribution in [0.4, 0.5) is 0 Å². The fourth-order valence-corrected chi connectivity index (χ4v) is 2.52. The van der Waals surface area contributed by atoms with E-state index in [0.717, 1.165) is 5.56 Å². The number of aromatic nitrogens is 2. The first-order valence-electron chi connectivity index (χ1n) is 8.07. The summed E-state index contributed by atoms with van der Waals surface area (Å²) in [6.45, 7) is 0.184. The lowest BCUT2D eigenvalue weighted by molar-refractivity contribution is -0.131. The van der Waals surface area contributed by atoms with Crippen LogP contribution in [0.5, 0.6) is 5.75 Å². The lowest BCUT2D eigenvalue weighted by atomic mass is 10.1. The van der Waals surface area contributed by atoms with Crippen molar-refractivity contribution in [2.45, 2.75) is 13.1 Å². The van der Waals surface area contributed by atoms with Crippen LogP contribution in [0.15, 0.2) is 64.0 Å². The lowest BCUT2D eigenvalue weighted by Gasteiger charge is -2.16. The van der Waals surface area contributed by atoms with Crippen molar-refractivity contribution in [3.63, 3.8) is 0 Å². The van der Waals surface area contributed by atoms with Crippen molar-refractivity contribution in [1.82, 2.24) is 14.6 Å². The van der Waals surface area contributed by atoms with Gasteiger partial charge in [-0.15, -0.1) is 0 Å². The van der Waals surface area contributed by atoms with E-state index in [1.54, 1.807) is 31.4 Å². The first-order chi connectivity index (χ1) is 12.6. The molecule has 0 unspecified atom stereocenters. The Morgan fingerprint density at radius 1 is 1.23 bits per heavy atom. The zero-order chi connectivity index (χ0) is 18.5. The first-order valence-corrected chi connectivity index (χ1v) is 8.07. The standard InChI is InChI=1S/C19H19N3O4/c1-21(18(23)13-22-10-6-9-17(25-2)19(22)24)12-15-11-16(20-26-15)14-7-4-3-5-8-14/h3-11H,12-13H2,1-2H3. The van der Waals surface area contributed by atoms with Gasteiger partial charge in [0, 0.05) is 24.9 Å². The number of carbonyl (C=O) groups excluding carboxylic acids is 1. The van der Waals surface area contributed by atoms with E-state index in [9.17, 15) is 9.59 Å². The Kier molecular flexibility index (Phi) is 5.17. The SMILES string of the molecule is COc1cccn(CC(=O)N(C)Cc2cc(-c3ccccc3)no2)c1=O. The summed E-state index contributed by atoms with van der Waals surface area (Å²) in [4.78, 5) is 26.0. The average Bonchev–Trinajstić information content (AvgIpc) is 3.12. The number of hydrogen-bond acceptors (Lipinski definition) is 5. The molecule has 2 heterocycles. The highest BCUT2D eigenvalue weighted by atomic mass is 16.5. The van der Waals surface area contributed by atoms with Crippen LogP contribution in [0.1, 0.15) is 5.76 Å². The Morgan fingerprint density at radius 3 is 2.73 bits per heavy atom. The highest BCUT2D eigenvalue weighted by molar-refractivity contribution is 5.75. The second kappa shape index (κ2) is 7.69. The zero-order valence-corrected chi connectivity index (χ0v) is 14.6. The third kappa shape index (κ3) is 3.83. The van der Waals surface area contributed by atoms with Crippen molar-refractivity contribution in [3.05, 3.63) is 70.8 Å². The Morgan fingerprint density at radius 2 is 2.00 bits per heavy atom. The number of likely N-dealkylation sites (N-methyl/N-ethyl adjacent to an activating group) is 1. The molecule has 0 spiro atoms. The van der Waals surface area contributed by atoms with Crippen LogP contribution in [0.2, 0.25) is 0 Å². The molecule has 2 aromatic heterocycles. The van der Waals surface area contributed by atoms with E-state index in [0.29, 0.717) is 11.5 Å². The number of methoxy groups -OCH3 is 1. The fraction of sp³-hybridized carbons (Fsp3) is 0.211. The molecule has 134 valence electrons. The maximum atomic E-state index is 12.4. The third-order valence-corrected chi connectivity index (χ3v) is 3.96. The molecule has 0 aliphatic carbocycles. The van der Waals surface area contributed by atoms with Crippen molar-refractivity contribution < 1.29 is 14.1 Å². The van der Waals surface area contributed by atoms with Gasteiger partial charge in [0.15, 0.2) is 11.5 Å². The Labute approximate surface area is 150 Å². The number of pyridine rings is 1. The molecule has 0 saturated carbocycles. The van der Waals surface area contributed by atoms with E-state index in [2.05, 4.69) is 5.16 Å². The van der Waals surface area contributed by atoms with Crippen LogP contribution >= 0.6 is 0 Å². The Bertz CT molecular complexity index is 947. The highest BCUT2D eigenvalue weighted by Gasteiger charge is 2.15. The fourth-order valence-electron chi connectivity index (χ4n) is 2.52. The second-order valence-corrected chi connectivity index (χ2v) is 5.80. The summed E-state index contributed by atoms with van der Waals surface area (Å²) in [6, 6.07) is 14.7. The van der Waals surface area contributed by atoms with Crippen molar-refractivity contribution in [3.8, 4) is 17.0 Å². The van der Waals surface area contributed by atoms with Crippen LogP contribution in [-0.2, 0) is 17.9 Å². The monoisotopic (exact) mass is 353 g/mol. The van der Waals surface area contributed by atoms with Crippen LogP contribution in [0, 0.1) is 0 Å². The minimum absolute atomic E-state index is 0.0772. The zero-order valence-electron chi connectivity index (χ0n) is 14.6. The van der Waals surface area contributed by atoms with Gasteiger partial charge in [0.1, 0.15) is 12.2 Å². The number of nitrogens with zero attached hydrogens (tertiary/aromatic N) is 3. The number of rotatable bonds is 6. The molecule has 0 fully saturated rings. The summed E-state index contributed by atoms with van der Waals surface area (Å²) in [7, 11) is 3.07. The van der Waals surface area contributed by atoms with E-state index in [1.807, 2.05) is 30.3 Å². The molecular formula is C19H19N3O4. The molecule has 0 radical (unpaired) electrons. The van der Waals surface area contributed by atoms with Crippen molar-refractivity contribution in [1.29, 1.82) is 0 Å². The predicted octanol–water partition coefficient (Wildman–Crippen LogP) is 2.17. The minimum atomic E-state index is -0.345. The molecule has 0 atom stereocenters. The Hall–Kier alpha value is -3.35. The Balaban J connectivity index is 1.67. The molecule has 1 aromatic carbocycles. The van der Waals surface area contributed by atoms with E-state index >= 15 is 0 Å². The van der Waals surface area contributed by atoms with Gasteiger partial charge < -0.3 is 18.7 Å². The van der Waals surface area contributed by atoms with Crippen molar-refractivity contribution >= 4 is 5.91 Å². The van der Waals surface area contributed by atoms with E-state index in [4.69, 9.17) is 9.26 Å². The van der Waals surface area contributed by atoms with Gasteiger partial charge in [-0.25, -0.2) is 0 Å². The number of amides is 1. The lowest BCUT2D eigenvalue weighted by Crippen LogP contribution is -2.33. The molecular weight excluding hydrogens is 334 g/mol. The van der Waals surface area contributed by atoms with E-state index < -0.39 is 0 Å². The summed E-state index contributed by atoms with van der Waals surface area (Å²) < 4.78 is 11.6. The van der Waals surface area contributed by atoms with Gasteiger partial charge in [-0.1, -0.05) is 35.5 Å². The summed E-state index contributed by atoms with van der Waals surface area (Å²) in [6.07, 6.45) is 1.55. The van der Waals surface area contributed by atoms with Crippen LogP contribution < -0.4 is 10.3 Å². The van der Waals surface area contributed by atoms with E-state index in [-0.39, 0.29) is 30.3 Å². The molecule has 0 aliphatic rings. The molecule has 7 heteroatoms. The second-order valence-electron chi connectivity index (χ2n) is 5.80. The van der Waals surface area contributed by atoms with Gasteiger partial charge in [0.2, 0.25) is 5.91 Å².